The van der Waals surface area contributed by atoms with Gasteiger partial charge < -0.3 is 15.7 Å². The third-order valence-corrected chi connectivity index (χ3v) is 4.64. The van der Waals surface area contributed by atoms with Crippen LogP contribution in [0.25, 0.3) is 0 Å². The highest BCUT2D eigenvalue weighted by atomic mass is 127. The van der Waals surface area contributed by atoms with Gasteiger partial charge in [-0.05, 0) is 26.0 Å². The van der Waals surface area contributed by atoms with Gasteiger partial charge in [0.1, 0.15) is 5.60 Å². The van der Waals surface area contributed by atoms with Crippen molar-refractivity contribution in [1.29, 1.82) is 0 Å². The number of hydrogen-bond donors (Lipinski definition) is 3. The van der Waals surface area contributed by atoms with Crippen LogP contribution in [0.2, 0.25) is 0 Å². The number of aryl methyl sites for hydroxylation is 1. The number of nitrogens with zero attached hydrogens (tertiary/aromatic N) is 3. The van der Waals surface area contributed by atoms with Crippen molar-refractivity contribution in [3.8, 4) is 0 Å². The van der Waals surface area contributed by atoms with Crippen molar-refractivity contribution >= 4 is 41.7 Å². The second kappa shape index (κ2) is 11.5. The van der Waals surface area contributed by atoms with Crippen LogP contribution in [-0.2, 0) is 12.6 Å². The molecule has 2 rings (SSSR count). The van der Waals surface area contributed by atoms with E-state index < -0.39 is 5.60 Å². The Labute approximate surface area is 176 Å². The van der Waals surface area contributed by atoms with E-state index in [0.717, 1.165) is 24.4 Å². The summed E-state index contributed by atoms with van der Waals surface area (Å²) in [7, 11) is 1.83. The lowest BCUT2D eigenvalue weighted by Gasteiger charge is -2.20. The number of rotatable bonds is 8. The Kier molecular flexibility index (Phi) is 10.0. The minimum Gasteiger partial charge on any atom is -0.383 e. The van der Waals surface area contributed by atoms with Crippen LogP contribution in [0.1, 0.15) is 19.4 Å². The van der Waals surface area contributed by atoms with Crippen molar-refractivity contribution in [1.82, 2.24) is 20.4 Å². The molecule has 0 amide bonds. The SMILES string of the molecule is CCNC(=NCC(C)(O)c1cnn(C)c1)NCCSc1ccccc1.I. The molecule has 0 aliphatic rings. The molecule has 3 N–H and O–H groups in total. The third kappa shape index (κ3) is 7.55. The van der Waals surface area contributed by atoms with E-state index >= 15 is 0 Å². The highest BCUT2D eigenvalue weighted by Crippen LogP contribution is 2.20. The quantitative estimate of drug-likeness (QED) is 0.175. The van der Waals surface area contributed by atoms with Crippen LogP contribution in [0.5, 0.6) is 0 Å². The Morgan fingerprint density at radius 3 is 2.65 bits per heavy atom. The summed E-state index contributed by atoms with van der Waals surface area (Å²) in [4.78, 5) is 5.77. The second-order valence-electron chi connectivity index (χ2n) is 5.96. The Morgan fingerprint density at radius 2 is 2.04 bits per heavy atom. The summed E-state index contributed by atoms with van der Waals surface area (Å²) in [6, 6.07) is 10.3. The number of halogens is 1. The lowest BCUT2D eigenvalue weighted by atomic mass is 10.0. The van der Waals surface area contributed by atoms with Gasteiger partial charge in [0.15, 0.2) is 5.96 Å². The zero-order valence-electron chi connectivity index (χ0n) is 15.5. The average molecular weight is 489 g/mol. The number of hydrogen-bond acceptors (Lipinski definition) is 4. The predicted octanol–water partition coefficient (Wildman–Crippen LogP) is 2.59. The van der Waals surface area contributed by atoms with Crippen LogP contribution in [0, 0.1) is 0 Å². The summed E-state index contributed by atoms with van der Waals surface area (Å²) >= 11 is 1.80. The van der Waals surface area contributed by atoms with E-state index in [-0.39, 0.29) is 30.5 Å². The maximum Gasteiger partial charge on any atom is 0.191 e. The second-order valence-corrected chi connectivity index (χ2v) is 7.13. The van der Waals surface area contributed by atoms with Gasteiger partial charge in [-0.25, -0.2) is 4.99 Å². The first kappa shape index (κ1) is 22.8. The molecule has 0 saturated carbocycles. The molecule has 0 aliphatic heterocycles. The fourth-order valence-electron chi connectivity index (χ4n) is 2.22. The van der Waals surface area contributed by atoms with Crippen LogP contribution in [0.3, 0.4) is 0 Å². The molecule has 0 fully saturated rings. The lowest BCUT2D eigenvalue weighted by Crippen LogP contribution is -2.39. The standard InChI is InChI=1S/C18H27N5OS.HI/c1-4-19-17(20-10-11-25-16-8-6-5-7-9-16)21-14-18(2,24)15-12-22-23(3)13-15;/h5-9,12-13,24H,4,10-11,14H2,1-3H3,(H2,19,20,21);1H. The first-order valence-corrected chi connectivity index (χ1v) is 9.41. The maximum atomic E-state index is 10.6. The zero-order chi connectivity index (χ0) is 18.1. The van der Waals surface area contributed by atoms with E-state index in [0.29, 0.717) is 5.96 Å². The smallest absolute Gasteiger partial charge is 0.191 e. The summed E-state index contributed by atoms with van der Waals surface area (Å²) in [6.07, 6.45) is 3.48. The summed E-state index contributed by atoms with van der Waals surface area (Å²) < 4.78 is 1.68. The molecule has 8 heteroatoms. The number of benzene rings is 1. The molecule has 1 aromatic carbocycles. The number of aliphatic hydroxyl groups is 1. The van der Waals surface area contributed by atoms with Gasteiger partial charge in [0, 0.05) is 42.5 Å². The summed E-state index contributed by atoms with van der Waals surface area (Å²) in [5.74, 6) is 1.65. The Balaban J connectivity index is 0.00000338. The molecule has 0 aliphatic carbocycles. The molecule has 1 aromatic heterocycles. The van der Waals surface area contributed by atoms with E-state index in [1.54, 1.807) is 29.6 Å². The van der Waals surface area contributed by atoms with Crippen LogP contribution in [-0.4, -0.2) is 46.2 Å². The first-order chi connectivity index (χ1) is 12.0. The molecule has 0 spiro atoms. The molecule has 0 saturated heterocycles. The fraction of sp³-hybridized carbons (Fsp3) is 0.444. The van der Waals surface area contributed by atoms with E-state index in [1.165, 1.54) is 4.90 Å². The van der Waals surface area contributed by atoms with Gasteiger partial charge in [-0.2, -0.15) is 5.10 Å². The Bertz CT molecular complexity index is 675. The number of guanidine groups is 1. The zero-order valence-corrected chi connectivity index (χ0v) is 18.6. The maximum absolute atomic E-state index is 10.6. The van der Waals surface area contributed by atoms with Gasteiger partial charge in [-0.15, -0.1) is 35.7 Å². The third-order valence-electron chi connectivity index (χ3n) is 3.62. The number of aromatic nitrogens is 2. The molecule has 2 aromatic rings. The molecular weight excluding hydrogens is 461 g/mol. The Hall–Kier alpha value is -1.26. The summed E-state index contributed by atoms with van der Waals surface area (Å²) in [5.41, 5.74) is -0.288. The van der Waals surface area contributed by atoms with Crippen molar-refractivity contribution in [2.45, 2.75) is 24.3 Å². The minimum absolute atomic E-state index is 0. The van der Waals surface area contributed by atoms with Crippen molar-refractivity contribution in [2.24, 2.45) is 12.0 Å². The van der Waals surface area contributed by atoms with Crippen molar-refractivity contribution in [3.05, 3.63) is 48.3 Å². The molecule has 6 nitrogen and oxygen atoms in total. The predicted molar refractivity (Wildman–Crippen MR) is 119 cm³/mol. The molecule has 0 radical (unpaired) electrons. The number of thioether (sulfide) groups is 1. The van der Waals surface area contributed by atoms with Gasteiger partial charge in [-0.3, -0.25) is 4.68 Å². The lowest BCUT2D eigenvalue weighted by molar-refractivity contribution is 0.0672. The van der Waals surface area contributed by atoms with Gasteiger partial charge in [0.2, 0.25) is 0 Å². The summed E-state index contributed by atoms with van der Waals surface area (Å²) in [6.45, 7) is 5.60. The highest BCUT2D eigenvalue weighted by molar-refractivity contribution is 14.0. The van der Waals surface area contributed by atoms with E-state index in [2.05, 4.69) is 32.9 Å². The highest BCUT2D eigenvalue weighted by Gasteiger charge is 2.24. The molecular formula is C18H28IN5OS. The average Bonchev–Trinajstić information content (AvgIpc) is 3.05. The molecule has 144 valence electrons. The van der Waals surface area contributed by atoms with Gasteiger partial charge in [-0.1, -0.05) is 18.2 Å². The van der Waals surface area contributed by atoms with E-state index in [1.807, 2.05) is 38.4 Å². The normalized spacial score (nSPS) is 13.6. The van der Waals surface area contributed by atoms with Crippen LogP contribution in [0.15, 0.2) is 52.6 Å². The van der Waals surface area contributed by atoms with Crippen LogP contribution in [0.4, 0.5) is 0 Å². The molecule has 1 heterocycles. The Morgan fingerprint density at radius 1 is 1.31 bits per heavy atom. The topological polar surface area (TPSA) is 74.5 Å². The van der Waals surface area contributed by atoms with Crippen LogP contribution >= 0.6 is 35.7 Å². The van der Waals surface area contributed by atoms with E-state index in [4.69, 9.17) is 0 Å². The monoisotopic (exact) mass is 489 g/mol. The molecule has 1 unspecified atom stereocenters. The molecule has 26 heavy (non-hydrogen) atoms. The largest absolute Gasteiger partial charge is 0.383 e. The molecule has 0 bridgehead atoms. The van der Waals surface area contributed by atoms with Crippen molar-refractivity contribution < 1.29 is 5.11 Å². The minimum atomic E-state index is -1.05. The number of nitrogens with one attached hydrogen (secondary N) is 2. The van der Waals surface area contributed by atoms with Crippen LogP contribution < -0.4 is 10.6 Å². The van der Waals surface area contributed by atoms with Crippen molar-refractivity contribution in [2.75, 3.05) is 25.4 Å². The fourth-order valence-corrected chi connectivity index (χ4v) is 3.01. The first-order valence-electron chi connectivity index (χ1n) is 8.43. The van der Waals surface area contributed by atoms with Gasteiger partial charge >= 0.3 is 0 Å². The molecule has 1 atom stereocenters. The number of aliphatic imine (C=N–C) groups is 1. The summed E-state index contributed by atoms with van der Waals surface area (Å²) in [5, 5.41) is 21.2. The van der Waals surface area contributed by atoms with E-state index in [9.17, 15) is 5.11 Å². The van der Waals surface area contributed by atoms with Gasteiger partial charge in [0.05, 0.1) is 12.7 Å². The van der Waals surface area contributed by atoms with Gasteiger partial charge in [0.25, 0.3) is 0 Å². The van der Waals surface area contributed by atoms with Crippen molar-refractivity contribution in [3.63, 3.8) is 0 Å².